The van der Waals surface area contributed by atoms with E-state index in [4.69, 9.17) is 9.47 Å². The number of likely N-dealkylation sites (tertiary alicyclic amines) is 1. The van der Waals surface area contributed by atoms with E-state index in [1.165, 1.54) is 20.0 Å². The van der Waals surface area contributed by atoms with E-state index in [9.17, 15) is 9.59 Å². The second-order valence-corrected chi connectivity index (χ2v) is 10.1. The van der Waals surface area contributed by atoms with Crippen LogP contribution in [0.25, 0.3) is 10.8 Å². The summed E-state index contributed by atoms with van der Waals surface area (Å²) in [6.45, 7) is 7.85. The number of carbonyl (C=O) groups is 2. The molecule has 0 spiro atoms. The smallest absolute Gasteiger partial charge is 0.312 e. The van der Waals surface area contributed by atoms with Crippen molar-refractivity contribution in [3.8, 4) is 5.75 Å². The molecule has 5 heteroatoms. The van der Waals surface area contributed by atoms with Gasteiger partial charge < -0.3 is 14.4 Å². The lowest BCUT2D eigenvalue weighted by molar-refractivity contribution is -0.149. The first kappa shape index (κ1) is 21.7. The van der Waals surface area contributed by atoms with Crippen LogP contribution in [-0.4, -0.2) is 43.1 Å². The first-order chi connectivity index (χ1) is 14.7. The number of amides is 1. The lowest BCUT2D eigenvalue weighted by Gasteiger charge is -2.37. The zero-order valence-electron chi connectivity index (χ0n) is 19.0. The molecule has 0 atom stereocenters. The van der Waals surface area contributed by atoms with Crippen LogP contribution in [0.3, 0.4) is 0 Å². The monoisotopic (exact) mass is 423 g/mol. The molecule has 1 amide bonds. The summed E-state index contributed by atoms with van der Waals surface area (Å²) in [5.74, 6) is 1.18. The molecule has 1 heterocycles. The van der Waals surface area contributed by atoms with E-state index in [1.54, 1.807) is 4.90 Å². The molecule has 4 rings (SSSR count). The second kappa shape index (κ2) is 8.52. The molecule has 2 aromatic rings. The molecule has 2 aliphatic rings. The van der Waals surface area contributed by atoms with Gasteiger partial charge in [-0.1, -0.05) is 32.9 Å². The van der Waals surface area contributed by atoms with Crippen molar-refractivity contribution in [1.82, 2.24) is 4.90 Å². The van der Waals surface area contributed by atoms with Gasteiger partial charge in [-0.25, -0.2) is 0 Å². The molecular formula is C26H33NO4. The van der Waals surface area contributed by atoms with Gasteiger partial charge in [0.15, 0.2) is 0 Å². The van der Waals surface area contributed by atoms with Crippen LogP contribution in [0.15, 0.2) is 36.4 Å². The minimum Gasteiger partial charge on any atom is -0.490 e. The fourth-order valence-corrected chi connectivity index (χ4v) is 4.81. The summed E-state index contributed by atoms with van der Waals surface area (Å²) in [5.41, 5.74) is 1.02. The Morgan fingerprint density at radius 1 is 0.935 bits per heavy atom. The van der Waals surface area contributed by atoms with E-state index in [-0.39, 0.29) is 23.9 Å². The number of esters is 1. The molecule has 166 valence electrons. The Morgan fingerprint density at radius 2 is 1.58 bits per heavy atom. The van der Waals surface area contributed by atoms with Crippen molar-refractivity contribution in [1.29, 1.82) is 0 Å². The predicted molar refractivity (Wildman–Crippen MR) is 121 cm³/mol. The lowest BCUT2D eigenvalue weighted by Crippen LogP contribution is -2.53. The van der Waals surface area contributed by atoms with Gasteiger partial charge in [-0.05, 0) is 72.1 Å². The third-order valence-corrected chi connectivity index (χ3v) is 6.96. The number of nitrogens with zero attached hydrogens (tertiary/aromatic N) is 1. The van der Waals surface area contributed by atoms with Gasteiger partial charge in [0.2, 0.25) is 0 Å². The molecule has 1 aliphatic heterocycles. The van der Waals surface area contributed by atoms with Crippen LogP contribution in [0.4, 0.5) is 0 Å². The minimum absolute atomic E-state index is 0.0435. The van der Waals surface area contributed by atoms with Crippen molar-refractivity contribution in [2.75, 3.05) is 20.2 Å². The van der Waals surface area contributed by atoms with Gasteiger partial charge in [-0.3, -0.25) is 9.59 Å². The molecule has 1 aliphatic carbocycles. The van der Waals surface area contributed by atoms with Crippen molar-refractivity contribution in [2.45, 2.75) is 52.6 Å². The Bertz CT molecular complexity index is 963. The molecule has 2 aromatic carbocycles. The third kappa shape index (κ3) is 4.70. The first-order valence-electron chi connectivity index (χ1n) is 11.3. The second-order valence-electron chi connectivity index (χ2n) is 10.1. The third-order valence-electron chi connectivity index (χ3n) is 6.96. The van der Waals surface area contributed by atoms with Gasteiger partial charge in [0, 0.05) is 18.7 Å². The highest BCUT2D eigenvalue weighted by atomic mass is 16.5. The van der Waals surface area contributed by atoms with E-state index in [2.05, 4.69) is 26.8 Å². The Balaban J connectivity index is 1.38. The normalized spacial score (nSPS) is 22.1. The molecule has 0 bridgehead atoms. The average Bonchev–Trinajstić information content (AvgIpc) is 2.71. The van der Waals surface area contributed by atoms with Gasteiger partial charge in [0.1, 0.15) is 5.75 Å². The molecule has 0 unspecified atom stereocenters. The first-order valence-corrected chi connectivity index (χ1v) is 11.3. The number of carbonyl (C=O) groups excluding carboxylic acids is 2. The van der Waals surface area contributed by atoms with E-state index in [0.29, 0.717) is 24.1 Å². The standard InChI is InChI=1S/C26H33NO4/c1-26(2,3)21-8-11-22(12-9-21)31-23-10-7-17-13-19(6-5-18(17)14-23)24(28)27-15-20(16-27)25(29)30-4/h5-7,10,13-14,20-22H,8-9,11-12,15-16H2,1-4H3/t21-,22-. The van der Waals surface area contributed by atoms with E-state index in [1.807, 2.05) is 30.3 Å². The molecule has 0 radical (unpaired) electrons. The maximum absolute atomic E-state index is 12.7. The summed E-state index contributed by atoms with van der Waals surface area (Å²) < 4.78 is 11.0. The maximum atomic E-state index is 12.7. The minimum atomic E-state index is -0.248. The fraction of sp³-hybridized carbons (Fsp3) is 0.538. The van der Waals surface area contributed by atoms with Crippen LogP contribution in [0.2, 0.25) is 0 Å². The van der Waals surface area contributed by atoms with E-state index >= 15 is 0 Å². The summed E-state index contributed by atoms with van der Waals surface area (Å²) in [6, 6.07) is 11.8. The molecule has 0 N–H and O–H groups in total. The average molecular weight is 424 g/mol. The van der Waals surface area contributed by atoms with Gasteiger partial charge >= 0.3 is 5.97 Å². The predicted octanol–water partition coefficient (Wildman–Crippen LogP) is 5.07. The topological polar surface area (TPSA) is 55.8 Å². The van der Waals surface area contributed by atoms with Crippen LogP contribution < -0.4 is 4.74 Å². The number of ether oxygens (including phenoxy) is 2. The van der Waals surface area contributed by atoms with Crippen LogP contribution in [-0.2, 0) is 9.53 Å². The number of hydrogen-bond donors (Lipinski definition) is 0. The summed E-state index contributed by atoms with van der Waals surface area (Å²) in [6.07, 6.45) is 4.94. The lowest BCUT2D eigenvalue weighted by atomic mass is 9.72. The molecule has 1 saturated carbocycles. The molecule has 31 heavy (non-hydrogen) atoms. The highest BCUT2D eigenvalue weighted by Crippen LogP contribution is 2.39. The highest BCUT2D eigenvalue weighted by molar-refractivity contribution is 5.99. The molecular weight excluding hydrogens is 390 g/mol. The van der Waals surface area contributed by atoms with Crippen molar-refractivity contribution in [3.63, 3.8) is 0 Å². The fourth-order valence-electron chi connectivity index (χ4n) is 4.81. The molecule has 2 fully saturated rings. The Morgan fingerprint density at radius 3 is 2.23 bits per heavy atom. The SMILES string of the molecule is COC(=O)C1CN(C(=O)c2ccc3cc(O[C@H]4CC[C@H](C(C)(C)C)CC4)ccc3c2)C1. The van der Waals surface area contributed by atoms with Crippen molar-refractivity contribution in [3.05, 3.63) is 42.0 Å². The molecule has 5 nitrogen and oxygen atoms in total. The Hall–Kier alpha value is -2.56. The summed E-state index contributed by atoms with van der Waals surface area (Å²) in [4.78, 5) is 25.9. The summed E-state index contributed by atoms with van der Waals surface area (Å²) in [5, 5.41) is 2.08. The number of methoxy groups -OCH3 is 1. The number of benzene rings is 2. The molecule has 0 aromatic heterocycles. The summed E-state index contributed by atoms with van der Waals surface area (Å²) in [7, 11) is 1.38. The quantitative estimate of drug-likeness (QED) is 0.645. The largest absolute Gasteiger partial charge is 0.490 e. The van der Waals surface area contributed by atoms with Crippen LogP contribution in [0.5, 0.6) is 5.75 Å². The highest BCUT2D eigenvalue weighted by Gasteiger charge is 2.36. The zero-order chi connectivity index (χ0) is 22.2. The van der Waals surface area contributed by atoms with Crippen LogP contribution >= 0.6 is 0 Å². The van der Waals surface area contributed by atoms with E-state index in [0.717, 1.165) is 35.3 Å². The van der Waals surface area contributed by atoms with Gasteiger partial charge in [0.25, 0.3) is 5.91 Å². The maximum Gasteiger partial charge on any atom is 0.312 e. The van der Waals surface area contributed by atoms with Gasteiger partial charge in [0.05, 0.1) is 19.1 Å². The van der Waals surface area contributed by atoms with Gasteiger partial charge in [-0.15, -0.1) is 0 Å². The molecule has 1 saturated heterocycles. The number of rotatable bonds is 4. The number of hydrogen-bond acceptors (Lipinski definition) is 4. The Labute approximate surface area is 184 Å². The van der Waals surface area contributed by atoms with Crippen molar-refractivity contribution < 1.29 is 19.1 Å². The van der Waals surface area contributed by atoms with E-state index < -0.39 is 0 Å². The van der Waals surface area contributed by atoms with Crippen LogP contribution in [0.1, 0.15) is 56.8 Å². The zero-order valence-corrected chi connectivity index (χ0v) is 19.0. The van der Waals surface area contributed by atoms with Crippen LogP contribution in [0, 0.1) is 17.3 Å². The van der Waals surface area contributed by atoms with Gasteiger partial charge in [-0.2, -0.15) is 0 Å². The Kier molecular flexibility index (Phi) is 5.96. The summed E-state index contributed by atoms with van der Waals surface area (Å²) >= 11 is 0. The number of fused-ring (bicyclic) bond motifs is 1. The van der Waals surface area contributed by atoms with Crippen molar-refractivity contribution >= 4 is 22.6 Å². The van der Waals surface area contributed by atoms with Crippen molar-refractivity contribution in [2.24, 2.45) is 17.3 Å².